The first-order valence-electron chi connectivity index (χ1n) is 9.86. The Hall–Kier alpha value is -1.78. The first kappa shape index (κ1) is 19.5. The van der Waals surface area contributed by atoms with Crippen molar-refractivity contribution >= 4 is 35.0 Å². The Bertz CT molecular complexity index is 897. The number of benzene rings is 1. The summed E-state index contributed by atoms with van der Waals surface area (Å²) in [5.74, 6) is -0.875. The number of carbonyl (C=O) groups is 2. The predicted octanol–water partition coefficient (Wildman–Crippen LogP) is 5.45. The molecule has 0 saturated heterocycles. The minimum absolute atomic E-state index is 0.0495. The lowest BCUT2D eigenvalue weighted by molar-refractivity contribution is -0.144. The van der Waals surface area contributed by atoms with Gasteiger partial charge >= 0.3 is 5.97 Å². The Labute approximate surface area is 174 Å². The van der Waals surface area contributed by atoms with E-state index in [4.69, 9.17) is 27.9 Å². The zero-order chi connectivity index (χ0) is 19.8. The van der Waals surface area contributed by atoms with Crippen LogP contribution in [0.3, 0.4) is 0 Å². The van der Waals surface area contributed by atoms with Gasteiger partial charge in [-0.15, -0.1) is 0 Å². The molecule has 6 heteroatoms. The maximum atomic E-state index is 13.2. The third kappa shape index (κ3) is 3.48. The number of dihydropyridines is 1. The van der Waals surface area contributed by atoms with Crippen LogP contribution in [-0.4, -0.2) is 17.9 Å². The van der Waals surface area contributed by atoms with Crippen LogP contribution in [0.2, 0.25) is 10.0 Å². The summed E-state index contributed by atoms with van der Waals surface area (Å²) >= 11 is 12.8. The number of hydrogen-bond donors (Lipinski definition) is 1. The number of nitrogens with one attached hydrogen (secondary N) is 1. The smallest absolute Gasteiger partial charge is 0.337 e. The van der Waals surface area contributed by atoms with E-state index in [9.17, 15) is 9.59 Å². The summed E-state index contributed by atoms with van der Waals surface area (Å²) in [6.07, 6.45) is 5.92. The Morgan fingerprint density at radius 1 is 1.14 bits per heavy atom. The Balaban J connectivity index is 1.81. The van der Waals surface area contributed by atoms with E-state index in [0.29, 0.717) is 33.2 Å². The van der Waals surface area contributed by atoms with Crippen molar-refractivity contribution < 1.29 is 14.3 Å². The largest absolute Gasteiger partial charge is 0.459 e. The summed E-state index contributed by atoms with van der Waals surface area (Å²) in [5.41, 5.74) is 3.37. The third-order valence-electron chi connectivity index (χ3n) is 5.86. The molecule has 1 saturated carbocycles. The third-order valence-corrected chi connectivity index (χ3v) is 6.70. The molecule has 1 unspecified atom stereocenters. The maximum Gasteiger partial charge on any atom is 0.337 e. The standard InChI is InChI=1S/C22H23Cl2NO3/c1-12-18(22(27)28-13-6-2-3-7-13)19(14-8-4-9-15(23)21(14)24)20-16(25-12)10-5-11-17(20)26/h4,8-9,13,19,25H,2-3,5-7,10-11H2,1H3. The number of hydrogen-bond acceptors (Lipinski definition) is 4. The summed E-state index contributed by atoms with van der Waals surface area (Å²) in [4.78, 5) is 26.1. The summed E-state index contributed by atoms with van der Waals surface area (Å²) in [5, 5.41) is 4.08. The quantitative estimate of drug-likeness (QED) is 0.661. The SMILES string of the molecule is CC1=C(C(=O)OC2CCCC2)C(c2cccc(Cl)c2Cl)C2=C(CCCC2=O)N1. The summed E-state index contributed by atoms with van der Waals surface area (Å²) in [7, 11) is 0. The minimum atomic E-state index is -0.552. The second-order valence-electron chi connectivity index (χ2n) is 7.72. The molecule has 1 atom stereocenters. The molecule has 2 aliphatic carbocycles. The van der Waals surface area contributed by atoms with Crippen LogP contribution in [0.15, 0.2) is 40.7 Å². The zero-order valence-corrected chi connectivity index (χ0v) is 17.3. The molecule has 28 heavy (non-hydrogen) atoms. The second-order valence-corrected chi connectivity index (χ2v) is 8.51. The Kier molecular flexibility index (Phi) is 5.52. The lowest BCUT2D eigenvalue weighted by Gasteiger charge is -2.35. The van der Waals surface area contributed by atoms with E-state index in [1.807, 2.05) is 13.0 Å². The van der Waals surface area contributed by atoms with Gasteiger partial charge in [-0.1, -0.05) is 35.3 Å². The molecule has 3 aliphatic rings. The van der Waals surface area contributed by atoms with Gasteiger partial charge in [0.15, 0.2) is 5.78 Å². The van der Waals surface area contributed by atoms with Crippen molar-refractivity contribution in [3.8, 4) is 0 Å². The number of rotatable bonds is 3. The molecule has 1 N–H and O–H groups in total. The lowest BCUT2D eigenvalue weighted by Crippen LogP contribution is -2.35. The molecular formula is C22H23Cl2NO3. The molecule has 0 amide bonds. The van der Waals surface area contributed by atoms with Crippen molar-refractivity contribution in [1.82, 2.24) is 5.32 Å². The fraction of sp³-hybridized carbons (Fsp3) is 0.455. The highest BCUT2D eigenvalue weighted by Crippen LogP contribution is 2.46. The molecule has 1 fully saturated rings. The van der Waals surface area contributed by atoms with Gasteiger partial charge in [-0.25, -0.2) is 4.79 Å². The predicted molar refractivity (Wildman–Crippen MR) is 109 cm³/mol. The number of ether oxygens (including phenoxy) is 1. The van der Waals surface area contributed by atoms with E-state index < -0.39 is 5.92 Å². The number of Topliss-reactive ketones (excluding diaryl/α,β-unsaturated/α-hetero) is 1. The highest BCUT2D eigenvalue weighted by Gasteiger charge is 2.40. The van der Waals surface area contributed by atoms with Gasteiger partial charge in [0.25, 0.3) is 0 Å². The van der Waals surface area contributed by atoms with Crippen LogP contribution in [0, 0.1) is 0 Å². The average molecular weight is 420 g/mol. The topological polar surface area (TPSA) is 55.4 Å². The average Bonchev–Trinajstić information content (AvgIpc) is 3.16. The molecule has 0 bridgehead atoms. The van der Waals surface area contributed by atoms with Gasteiger partial charge in [0, 0.05) is 29.3 Å². The van der Waals surface area contributed by atoms with Gasteiger partial charge in [0.1, 0.15) is 6.10 Å². The molecule has 1 aromatic rings. The van der Waals surface area contributed by atoms with Crippen molar-refractivity contribution in [1.29, 1.82) is 0 Å². The first-order chi connectivity index (χ1) is 13.5. The Morgan fingerprint density at radius 3 is 2.64 bits per heavy atom. The van der Waals surface area contributed by atoms with E-state index in [1.165, 1.54) is 0 Å². The monoisotopic (exact) mass is 419 g/mol. The fourth-order valence-electron chi connectivity index (χ4n) is 4.53. The summed E-state index contributed by atoms with van der Waals surface area (Å²) in [6.45, 7) is 1.86. The molecule has 1 aromatic carbocycles. The number of carbonyl (C=O) groups excluding carboxylic acids is 2. The van der Waals surface area contributed by atoms with Crippen LogP contribution >= 0.6 is 23.2 Å². The van der Waals surface area contributed by atoms with Crippen LogP contribution in [-0.2, 0) is 14.3 Å². The van der Waals surface area contributed by atoms with Crippen LogP contribution in [0.4, 0.5) is 0 Å². The molecular weight excluding hydrogens is 397 g/mol. The van der Waals surface area contributed by atoms with E-state index in [2.05, 4.69) is 5.32 Å². The number of halogens is 2. The van der Waals surface area contributed by atoms with E-state index >= 15 is 0 Å². The van der Waals surface area contributed by atoms with Gasteiger partial charge in [0.05, 0.1) is 15.6 Å². The van der Waals surface area contributed by atoms with E-state index in [1.54, 1.807) is 12.1 Å². The molecule has 0 radical (unpaired) electrons. The summed E-state index contributed by atoms with van der Waals surface area (Å²) in [6, 6.07) is 5.35. The summed E-state index contributed by atoms with van der Waals surface area (Å²) < 4.78 is 5.81. The van der Waals surface area contributed by atoms with Crippen molar-refractivity contribution in [3.63, 3.8) is 0 Å². The molecule has 1 heterocycles. The fourth-order valence-corrected chi connectivity index (χ4v) is 4.95. The number of ketones is 1. The second kappa shape index (κ2) is 7.92. The number of esters is 1. The lowest BCUT2D eigenvalue weighted by atomic mass is 9.75. The van der Waals surface area contributed by atoms with Gasteiger partial charge < -0.3 is 10.1 Å². The molecule has 0 spiro atoms. The highest BCUT2D eigenvalue weighted by atomic mass is 35.5. The van der Waals surface area contributed by atoms with Crippen LogP contribution in [0.5, 0.6) is 0 Å². The zero-order valence-electron chi connectivity index (χ0n) is 15.8. The molecule has 4 rings (SSSR count). The van der Waals surface area contributed by atoms with Gasteiger partial charge in [-0.05, 0) is 57.1 Å². The van der Waals surface area contributed by atoms with Crippen molar-refractivity contribution in [3.05, 3.63) is 56.3 Å². The van der Waals surface area contributed by atoms with Crippen LogP contribution in [0.1, 0.15) is 63.4 Å². The molecule has 148 valence electrons. The number of allylic oxidation sites excluding steroid dienone is 3. The molecule has 1 aliphatic heterocycles. The minimum Gasteiger partial charge on any atom is -0.459 e. The highest BCUT2D eigenvalue weighted by molar-refractivity contribution is 6.42. The van der Waals surface area contributed by atoms with Gasteiger partial charge in [0.2, 0.25) is 0 Å². The van der Waals surface area contributed by atoms with Crippen LogP contribution < -0.4 is 5.32 Å². The van der Waals surface area contributed by atoms with E-state index in [0.717, 1.165) is 49.9 Å². The van der Waals surface area contributed by atoms with E-state index in [-0.39, 0.29) is 17.9 Å². The van der Waals surface area contributed by atoms with Crippen molar-refractivity contribution in [2.75, 3.05) is 0 Å². The first-order valence-corrected chi connectivity index (χ1v) is 10.6. The van der Waals surface area contributed by atoms with Crippen molar-refractivity contribution in [2.45, 2.75) is 63.9 Å². The maximum absolute atomic E-state index is 13.2. The van der Waals surface area contributed by atoms with Gasteiger partial charge in [-0.3, -0.25) is 4.79 Å². The normalized spacial score (nSPS) is 23.0. The van der Waals surface area contributed by atoms with Crippen molar-refractivity contribution in [2.24, 2.45) is 0 Å². The molecule has 4 nitrogen and oxygen atoms in total. The van der Waals surface area contributed by atoms with Gasteiger partial charge in [-0.2, -0.15) is 0 Å². The Morgan fingerprint density at radius 2 is 1.89 bits per heavy atom. The van der Waals surface area contributed by atoms with Crippen LogP contribution in [0.25, 0.3) is 0 Å². The molecule has 0 aromatic heterocycles.